The summed E-state index contributed by atoms with van der Waals surface area (Å²) in [5.74, 6) is 0. The second-order valence-corrected chi connectivity index (χ2v) is 4.58. The molecule has 0 aliphatic rings. The van der Waals surface area contributed by atoms with Gasteiger partial charge in [-0.15, -0.1) is 11.3 Å². The van der Waals surface area contributed by atoms with Crippen LogP contribution in [0.3, 0.4) is 0 Å². The molecule has 0 spiro atoms. The first-order chi connectivity index (χ1) is 8.16. The molecule has 0 amide bonds. The van der Waals surface area contributed by atoms with Gasteiger partial charge in [-0.3, -0.25) is 0 Å². The highest BCUT2D eigenvalue weighted by Crippen LogP contribution is 2.23. The predicted octanol–water partition coefficient (Wildman–Crippen LogP) is 3.88. The third-order valence-electron chi connectivity index (χ3n) is 2.34. The molecule has 0 aliphatic carbocycles. The molecule has 1 unspecified atom stereocenters. The summed E-state index contributed by atoms with van der Waals surface area (Å²) in [6.45, 7) is 1.46. The zero-order valence-corrected chi connectivity index (χ0v) is 10.0. The molecule has 17 heavy (non-hydrogen) atoms. The van der Waals surface area contributed by atoms with Gasteiger partial charge in [0, 0.05) is 22.8 Å². The summed E-state index contributed by atoms with van der Waals surface area (Å²) >= 11 is 1.55. The van der Waals surface area contributed by atoms with E-state index >= 15 is 0 Å². The minimum Gasteiger partial charge on any atom is -0.377 e. The van der Waals surface area contributed by atoms with Gasteiger partial charge in [-0.2, -0.15) is 0 Å². The Bertz CT molecular complexity index is 454. The molecule has 1 aromatic heterocycles. The number of thiazole rings is 1. The van der Waals surface area contributed by atoms with Crippen LogP contribution in [0.5, 0.6) is 0 Å². The topological polar surface area (TPSA) is 24.9 Å². The van der Waals surface area contributed by atoms with Crippen LogP contribution >= 0.6 is 11.3 Å². The van der Waals surface area contributed by atoms with E-state index in [1.807, 2.05) is 17.5 Å². The van der Waals surface area contributed by atoms with E-state index in [4.69, 9.17) is 0 Å². The Kier molecular flexibility index (Phi) is 3.68. The average Bonchev–Trinajstić information content (AvgIpc) is 2.83. The molecule has 1 heterocycles. The van der Waals surface area contributed by atoms with E-state index in [9.17, 15) is 8.78 Å². The quantitative estimate of drug-likeness (QED) is 0.895. The fraction of sp³-hybridized carbons (Fsp3) is 0.250. The maximum atomic E-state index is 12.3. The lowest BCUT2D eigenvalue weighted by atomic mass is 10.2. The molecule has 0 radical (unpaired) electrons. The molecule has 2 rings (SSSR count). The fourth-order valence-electron chi connectivity index (χ4n) is 1.40. The average molecular weight is 254 g/mol. The van der Waals surface area contributed by atoms with Gasteiger partial charge >= 0.3 is 0 Å². The van der Waals surface area contributed by atoms with E-state index in [0.717, 1.165) is 10.6 Å². The van der Waals surface area contributed by atoms with Gasteiger partial charge in [0.05, 0.1) is 6.04 Å². The Morgan fingerprint density at radius 2 is 1.94 bits per heavy atom. The van der Waals surface area contributed by atoms with Gasteiger partial charge in [-0.1, -0.05) is 0 Å². The highest BCUT2D eigenvalue weighted by Gasteiger charge is 2.13. The Hall–Kier alpha value is -1.49. The van der Waals surface area contributed by atoms with E-state index in [2.05, 4.69) is 10.3 Å². The lowest BCUT2D eigenvalue weighted by Crippen LogP contribution is -2.23. The standard InChI is InChI=1S/C12H12F2N2S/c1-8(11(13)14)16-10-4-2-9(3-5-10)12-15-6-7-17-12/h2-8,11,16H,1H3. The van der Waals surface area contributed by atoms with Gasteiger partial charge in [-0.25, -0.2) is 13.8 Å². The van der Waals surface area contributed by atoms with Crippen molar-refractivity contribution in [2.75, 3.05) is 5.32 Å². The molecule has 0 fully saturated rings. The Labute approximate surface area is 102 Å². The molecule has 1 atom stereocenters. The molecule has 0 saturated carbocycles. The lowest BCUT2D eigenvalue weighted by molar-refractivity contribution is 0.131. The number of anilines is 1. The van der Waals surface area contributed by atoms with Gasteiger partial charge in [-0.05, 0) is 31.2 Å². The van der Waals surface area contributed by atoms with E-state index in [1.165, 1.54) is 6.92 Å². The minimum atomic E-state index is -2.37. The second-order valence-electron chi connectivity index (χ2n) is 3.68. The lowest BCUT2D eigenvalue weighted by Gasteiger charge is -2.14. The van der Waals surface area contributed by atoms with Crippen LogP contribution in [-0.2, 0) is 0 Å². The van der Waals surface area contributed by atoms with E-state index in [1.54, 1.807) is 29.7 Å². The first-order valence-electron chi connectivity index (χ1n) is 5.21. The second kappa shape index (κ2) is 5.23. The van der Waals surface area contributed by atoms with Crippen LogP contribution in [0.2, 0.25) is 0 Å². The molecular formula is C12H12F2N2S. The molecule has 1 N–H and O–H groups in total. The summed E-state index contributed by atoms with van der Waals surface area (Å²) in [6.07, 6.45) is -0.626. The summed E-state index contributed by atoms with van der Waals surface area (Å²) in [7, 11) is 0. The van der Waals surface area contributed by atoms with Crippen LogP contribution < -0.4 is 5.32 Å². The SMILES string of the molecule is CC(Nc1ccc(-c2nccs2)cc1)C(F)F. The van der Waals surface area contributed by atoms with Crippen molar-refractivity contribution in [2.45, 2.75) is 19.4 Å². The Morgan fingerprint density at radius 1 is 1.24 bits per heavy atom. The van der Waals surface area contributed by atoms with E-state index < -0.39 is 12.5 Å². The molecule has 0 bridgehead atoms. The highest BCUT2D eigenvalue weighted by molar-refractivity contribution is 7.13. The molecule has 2 nitrogen and oxygen atoms in total. The molecule has 2 aromatic rings. The smallest absolute Gasteiger partial charge is 0.258 e. The van der Waals surface area contributed by atoms with E-state index in [-0.39, 0.29) is 0 Å². The summed E-state index contributed by atoms with van der Waals surface area (Å²) in [5.41, 5.74) is 1.69. The number of halogens is 2. The molecule has 1 aromatic carbocycles. The largest absolute Gasteiger partial charge is 0.377 e. The third-order valence-corrected chi connectivity index (χ3v) is 3.16. The third kappa shape index (κ3) is 3.00. The first-order valence-corrected chi connectivity index (χ1v) is 6.09. The Balaban J connectivity index is 2.08. The van der Waals surface area contributed by atoms with Crippen molar-refractivity contribution in [1.82, 2.24) is 4.98 Å². The van der Waals surface area contributed by atoms with Crippen LogP contribution in [0.25, 0.3) is 10.6 Å². The Morgan fingerprint density at radius 3 is 2.47 bits per heavy atom. The van der Waals surface area contributed by atoms with Crippen molar-refractivity contribution in [3.8, 4) is 10.6 Å². The first kappa shape index (κ1) is 12.0. The maximum Gasteiger partial charge on any atom is 0.258 e. The van der Waals surface area contributed by atoms with Crippen LogP contribution in [0.1, 0.15) is 6.92 Å². The zero-order chi connectivity index (χ0) is 12.3. The van der Waals surface area contributed by atoms with Gasteiger partial charge in [0.15, 0.2) is 0 Å². The maximum absolute atomic E-state index is 12.3. The summed E-state index contributed by atoms with van der Waals surface area (Å²) in [4.78, 5) is 4.18. The van der Waals surface area contributed by atoms with Crippen molar-refractivity contribution in [2.24, 2.45) is 0 Å². The minimum absolute atomic E-state index is 0.693. The van der Waals surface area contributed by atoms with Gasteiger partial charge in [0.2, 0.25) is 0 Å². The summed E-state index contributed by atoms with van der Waals surface area (Å²) in [5, 5.41) is 5.58. The van der Waals surface area contributed by atoms with Gasteiger partial charge < -0.3 is 5.32 Å². The van der Waals surface area contributed by atoms with E-state index in [0.29, 0.717) is 5.69 Å². The highest BCUT2D eigenvalue weighted by atomic mass is 32.1. The van der Waals surface area contributed by atoms with Crippen LogP contribution in [0.15, 0.2) is 35.8 Å². The zero-order valence-electron chi connectivity index (χ0n) is 9.23. The van der Waals surface area contributed by atoms with Crippen molar-refractivity contribution in [3.05, 3.63) is 35.8 Å². The fourth-order valence-corrected chi connectivity index (χ4v) is 2.05. The number of rotatable bonds is 4. The van der Waals surface area contributed by atoms with Crippen LogP contribution in [-0.4, -0.2) is 17.5 Å². The van der Waals surface area contributed by atoms with Gasteiger partial charge in [0.25, 0.3) is 6.43 Å². The molecular weight excluding hydrogens is 242 g/mol. The summed E-state index contributed by atoms with van der Waals surface area (Å²) < 4.78 is 24.7. The number of benzene rings is 1. The number of nitrogens with one attached hydrogen (secondary N) is 1. The number of aromatic nitrogens is 1. The van der Waals surface area contributed by atoms with Crippen molar-refractivity contribution in [1.29, 1.82) is 0 Å². The van der Waals surface area contributed by atoms with Crippen LogP contribution in [0, 0.1) is 0 Å². The normalized spacial score (nSPS) is 12.7. The molecule has 0 aliphatic heterocycles. The van der Waals surface area contributed by atoms with Crippen molar-refractivity contribution in [3.63, 3.8) is 0 Å². The number of nitrogens with zero attached hydrogens (tertiary/aromatic N) is 1. The number of alkyl halides is 2. The van der Waals surface area contributed by atoms with Gasteiger partial charge in [0.1, 0.15) is 5.01 Å². The summed E-state index contributed by atoms with van der Waals surface area (Å²) in [6, 6.07) is 6.48. The number of hydrogen-bond donors (Lipinski definition) is 1. The molecule has 90 valence electrons. The van der Waals surface area contributed by atoms with Crippen LogP contribution in [0.4, 0.5) is 14.5 Å². The molecule has 5 heteroatoms. The monoisotopic (exact) mass is 254 g/mol. The van der Waals surface area contributed by atoms with Crippen molar-refractivity contribution >= 4 is 17.0 Å². The molecule has 0 saturated heterocycles. The van der Waals surface area contributed by atoms with Crippen molar-refractivity contribution < 1.29 is 8.78 Å². The predicted molar refractivity (Wildman–Crippen MR) is 66.6 cm³/mol. The number of hydrogen-bond acceptors (Lipinski definition) is 3.